The van der Waals surface area contributed by atoms with Crippen LogP contribution in [-0.4, -0.2) is 82.6 Å². The quantitative estimate of drug-likeness (QED) is 0.126. The summed E-state index contributed by atoms with van der Waals surface area (Å²) in [5, 5.41) is 35.3. The monoisotopic (exact) mass is 630 g/mol. The van der Waals surface area contributed by atoms with E-state index in [4.69, 9.17) is 30.1 Å². The summed E-state index contributed by atoms with van der Waals surface area (Å²) in [7, 11) is -4.09. The smallest absolute Gasteiger partial charge is 0.361 e. The molecule has 1 saturated heterocycles. The third-order valence-electron chi connectivity index (χ3n) is 6.80. The predicted octanol–water partition coefficient (Wildman–Crippen LogP) is 2.78. The molecule has 1 saturated carbocycles. The molecule has 1 aliphatic heterocycles. The van der Waals surface area contributed by atoms with Crippen LogP contribution in [0.1, 0.15) is 51.3 Å². The minimum Gasteiger partial charge on any atom is -0.438 e. The zero-order chi connectivity index (χ0) is 30.4. The Bertz CT molecular complexity index is 1350. The van der Waals surface area contributed by atoms with Gasteiger partial charge in [0.1, 0.15) is 41.9 Å². The van der Waals surface area contributed by atoms with Crippen molar-refractivity contribution in [1.82, 2.24) is 9.55 Å². The van der Waals surface area contributed by atoms with Crippen LogP contribution in [0.2, 0.25) is 5.15 Å². The number of esters is 2. The van der Waals surface area contributed by atoms with E-state index >= 15 is 0 Å². The minimum atomic E-state index is -4.09. The fourth-order valence-corrected chi connectivity index (χ4v) is 5.93. The van der Waals surface area contributed by atoms with E-state index in [0.717, 1.165) is 39.5 Å². The van der Waals surface area contributed by atoms with Crippen molar-refractivity contribution < 1.29 is 52.4 Å². The fourth-order valence-electron chi connectivity index (χ4n) is 4.74. The molecule has 4 atom stereocenters. The Balaban J connectivity index is 1.46. The van der Waals surface area contributed by atoms with E-state index in [1.54, 1.807) is 12.3 Å². The molecule has 3 heterocycles. The molecule has 0 bridgehead atoms. The number of aliphatic hydroxyl groups is 2. The highest BCUT2D eigenvalue weighted by Gasteiger charge is 2.45. The highest BCUT2D eigenvalue weighted by Crippen LogP contribution is 2.48. The van der Waals surface area contributed by atoms with Crippen molar-refractivity contribution in [3.05, 3.63) is 23.0 Å². The minimum absolute atomic E-state index is 0.0170. The first-order chi connectivity index (χ1) is 20.0. The standard InChI is InChI=1S/C25H32ClN4O11P/c1-14(31)37-11-39-42(35,40-12-38-15(2)32)13-36-10-19-21(33)22(34)25(41-19)30-8-7-17-20(28-16-5-3-4-6-16)18(9-27)23(26)29-24(17)30/h7-8,16,19,21-22,25,33-34H,3-6,10-13H2,1-2H3,(H,28,29)/t19-,21-,22-,25-/m1/s1. The Hall–Kier alpha value is -2.80. The van der Waals surface area contributed by atoms with Crippen molar-refractivity contribution in [2.75, 3.05) is 31.9 Å². The maximum absolute atomic E-state index is 13.0. The summed E-state index contributed by atoms with van der Waals surface area (Å²) in [6.45, 7) is 0.476. The first-order valence-electron chi connectivity index (χ1n) is 13.1. The SMILES string of the molecule is CC(=O)OCOP(=O)(COC[C@H]1O[C@@H](n2ccc3c(NC4CCCC4)c(C#N)c(Cl)nc32)[C@H](O)[C@@H]1O)OCOC(C)=O. The van der Waals surface area contributed by atoms with Gasteiger partial charge in [-0.25, -0.2) is 4.98 Å². The molecule has 0 amide bonds. The number of ether oxygens (including phenoxy) is 4. The van der Waals surface area contributed by atoms with Gasteiger partial charge in [0.25, 0.3) is 0 Å². The van der Waals surface area contributed by atoms with Crippen molar-refractivity contribution in [2.24, 2.45) is 0 Å². The number of nitrogens with zero attached hydrogens (tertiary/aromatic N) is 3. The molecular weight excluding hydrogens is 599 g/mol. The number of carbonyl (C=O) groups is 2. The normalized spacial score (nSPS) is 22.8. The van der Waals surface area contributed by atoms with Crippen LogP contribution in [0.25, 0.3) is 11.0 Å². The van der Waals surface area contributed by atoms with Gasteiger partial charge in [-0.05, 0) is 18.9 Å². The lowest BCUT2D eigenvalue weighted by atomic mass is 10.1. The molecule has 2 aromatic heterocycles. The fraction of sp³-hybridized carbons (Fsp3) is 0.600. The number of nitriles is 1. The molecule has 2 fully saturated rings. The van der Waals surface area contributed by atoms with Crippen LogP contribution in [0.5, 0.6) is 0 Å². The van der Waals surface area contributed by atoms with Crippen LogP contribution in [0.3, 0.4) is 0 Å². The Kier molecular flexibility index (Phi) is 10.8. The average Bonchev–Trinajstić information content (AvgIpc) is 3.65. The molecule has 0 aromatic carbocycles. The molecule has 3 N–H and O–H groups in total. The van der Waals surface area contributed by atoms with Gasteiger partial charge < -0.3 is 39.0 Å². The summed E-state index contributed by atoms with van der Waals surface area (Å²) < 4.78 is 45.1. The van der Waals surface area contributed by atoms with E-state index in [0.29, 0.717) is 16.7 Å². The van der Waals surface area contributed by atoms with Gasteiger partial charge in [-0.3, -0.25) is 23.2 Å². The van der Waals surface area contributed by atoms with Crippen LogP contribution < -0.4 is 5.32 Å². The number of hydrogen-bond acceptors (Lipinski definition) is 14. The van der Waals surface area contributed by atoms with Gasteiger partial charge in [-0.2, -0.15) is 5.26 Å². The summed E-state index contributed by atoms with van der Waals surface area (Å²) in [4.78, 5) is 26.4. The average molecular weight is 631 g/mol. The number of carbonyl (C=O) groups excluding carboxylic acids is 2. The summed E-state index contributed by atoms with van der Waals surface area (Å²) in [6, 6.07) is 4.02. The number of halogens is 1. The lowest BCUT2D eigenvalue weighted by Crippen LogP contribution is -2.34. The zero-order valence-corrected chi connectivity index (χ0v) is 24.6. The van der Waals surface area contributed by atoms with Gasteiger partial charge in [0.15, 0.2) is 11.4 Å². The lowest BCUT2D eigenvalue weighted by Gasteiger charge is -2.20. The van der Waals surface area contributed by atoms with Crippen LogP contribution in [-0.2, 0) is 42.1 Å². The molecule has 0 unspecified atom stereocenters. The highest BCUT2D eigenvalue weighted by atomic mass is 35.5. The van der Waals surface area contributed by atoms with E-state index < -0.39 is 64.0 Å². The highest BCUT2D eigenvalue weighted by molar-refractivity contribution is 7.53. The van der Waals surface area contributed by atoms with Gasteiger partial charge in [0, 0.05) is 31.5 Å². The van der Waals surface area contributed by atoms with Crippen molar-refractivity contribution in [2.45, 2.75) is 70.1 Å². The maximum atomic E-state index is 13.0. The van der Waals surface area contributed by atoms with E-state index in [1.165, 1.54) is 4.57 Å². The van der Waals surface area contributed by atoms with Gasteiger partial charge >= 0.3 is 19.5 Å². The molecule has 0 radical (unpaired) electrons. The zero-order valence-electron chi connectivity index (χ0n) is 22.9. The van der Waals surface area contributed by atoms with Crippen LogP contribution in [0, 0.1) is 11.3 Å². The number of rotatable bonds is 13. The number of anilines is 1. The molecule has 2 aromatic rings. The van der Waals surface area contributed by atoms with Gasteiger partial charge in [-0.1, -0.05) is 24.4 Å². The van der Waals surface area contributed by atoms with E-state index in [9.17, 15) is 29.6 Å². The molecule has 15 nitrogen and oxygen atoms in total. The van der Waals surface area contributed by atoms with E-state index in [1.807, 2.05) is 0 Å². The molecule has 0 spiro atoms. The topological polar surface area (TPSA) is 201 Å². The molecular formula is C25H32ClN4O11P. The molecule has 230 valence electrons. The molecule has 42 heavy (non-hydrogen) atoms. The van der Waals surface area contributed by atoms with Gasteiger partial charge in [-0.15, -0.1) is 0 Å². The van der Waals surface area contributed by atoms with E-state index in [2.05, 4.69) is 25.8 Å². The summed E-state index contributed by atoms with van der Waals surface area (Å²) >= 11 is 6.38. The number of aliphatic hydroxyl groups excluding tert-OH is 2. The maximum Gasteiger partial charge on any atom is 0.361 e. The second kappa shape index (κ2) is 14.1. The number of aromatic nitrogens is 2. The Morgan fingerprint density at radius 2 is 1.83 bits per heavy atom. The second-order valence-corrected chi connectivity index (χ2v) is 12.1. The third kappa shape index (κ3) is 7.58. The van der Waals surface area contributed by atoms with Crippen LogP contribution >= 0.6 is 19.2 Å². The molecule has 1 aliphatic carbocycles. The van der Waals surface area contributed by atoms with Crippen molar-refractivity contribution in [3.8, 4) is 6.07 Å². The molecule has 4 rings (SSSR count). The van der Waals surface area contributed by atoms with Crippen molar-refractivity contribution in [3.63, 3.8) is 0 Å². The molecule has 17 heteroatoms. The van der Waals surface area contributed by atoms with Crippen molar-refractivity contribution in [1.29, 1.82) is 5.26 Å². The summed E-state index contributed by atoms with van der Waals surface area (Å²) in [5.74, 6) is -1.38. The number of fused-ring (bicyclic) bond motifs is 1. The summed E-state index contributed by atoms with van der Waals surface area (Å²) in [5.41, 5.74) is 1.09. The number of pyridine rings is 1. The van der Waals surface area contributed by atoms with Gasteiger partial charge in [0.05, 0.1) is 12.3 Å². The Morgan fingerprint density at radius 3 is 2.43 bits per heavy atom. The Morgan fingerprint density at radius 1 is 1.19 bits per heavy atom. The first kappa shape index (κ1) is 32.1. The second-order valence-electron chi connectivity index (χ2n) is 9.77. The van der Waals surface area contributed by atoms with Crippen molar-refractivity contribution >= 4 is 47.9 Å². The largest absolute Gasteiger partial charge is 0.438 e. The Labute approximate surface area is 246 Å². The van der Waals surface area contributed by atoms with Crippen LogP contribution in [0.15, 0.2) is 12.3 Å². The van der Waals surface area contributed by atoms with E-state index in [-0.39, 0.29) is 23.4 Å². The molecule has 2 aliphatic rings. The predicted molar refractivity (Wildman–Crippen MR) is 145 cm³/mol. The third-order valence-corrected chi connectivity index (χ3v) is 8.57. The van der Waals surface area contributed by atoms with Crippen LogP contribution in [0.4, 0.5) is 5.69 Å². The van der Waals surface area contributed by atoms with Gasteiger partial charge in [0.2, 0.25) is 13.6 Å². The number of hydrogen-bond donors (Lipinski definition) is 3. The number of nitrogens with one attached hydrogen (secondary N) is 1. The first-order valence-corrected chi connectivity index (χ1v) is 15.2. The lowest BCUT2D eigenvalue weighted by molar-refractivity contribution is -0.149. The summed E-state index contributed by atoms with van der Waals surface area (Å²) in [6.07, 6.45) is -0.000351.